The summed E-state index contributed by atoms with van der Waals surface area (Å²) >= 11 is 0. The van der Waals surface area contributed by atoms with Crippen LogP contribution in [0.15, 0.2) is 243 Å². The predicted octanol–water partition coefficient (Wildman–Crippen LogP) is 16.3. The molecule has 0 spiro atoms. The average Bonchev–Trinajstić information content (AvgIpc) is 3.62. The molecule has 0 saturated carbocycles. The summed E-state index contributed by atoms with van der Waals surface area (Å²) in [5, 5.41) is 12.6. The molecule has 15 aromatic rings. The lowest BCUT2D eigenvalue weighted by molar-refractivity contribution is 0.641. The summed E-state index contributed by atoms with van der Waals surface area (Å²) in [6, 6.07) is 89.6. The van der Waals surface area contributed by atoms with Gasteiger partial charge in [0, 0.05) is 76.9 Å². The third kappa shape index (κ3) is 6.47. The van der Waals surface area contributed by atoms with Gasteiger partial charge in [0.15, 0.2) is 17.5 Å². The van der Waals surface area contributed by atoms with Crippen molar-refractivity contribution in [3.05, 3.63) is 265 Å². The maximum Gasteiger partial charge on any atom is 0.252 e. The molecule has 0 saturated heterocycles. The van der Waals surface area contributed by atoms with Gasteiger partial charge >= 0.3 is 0 Å². The van der Waals surface area contributed by atoms with Crippen molar-refractivity contribution in [2.75, 3.05) is 0 Å². The molecule has 3 aromatic heterocycles. The number of rotatable bonds is 7. The van der Waals surface area contributed by atoms with Gasteiger partial charge in [0.25, 0.3) is 6.71 Å². The van der Waals surface area contributed by atoms with Gasteiger partial charge in [-0.3, -0.25) is 0 Å². The summed E-state index contributed by atoms with van der Waals surface area (Å²) in [5.74, 6) is 1.89. The zero-order valence-corrected chi connectivity index (χ0v) is 45.4. The molecule has 0 amide bonds. The third-order valence-corrected chi connectivity index (χ3v) is 18.5. The van der Waals surface area contributed by atoms with Gasteiger partial charge in [-0.15, -0.1) is 0 Å². The van der Waals surface area contributed by atoms with Gasteiger partial charge in [-0.05, 0) is 102 Å². The topological polar surface area (TPSA) is 48.5 Å². The number of nitrogens with zero attached hydrogens (tertiary/aromatic N) is 5. The maximum atomic E-state index is 5.45. The first-order chi connectivity index (χ1) is 39.7. The minimum Gasteiger partial charge on any atom is -0.310 e. The van der Waals surface area contributed by atoms with Gasteiger partial charge in [-0.25, -0.2) is 15.0 Å². The fourth-order valence-corrected chi connectivity index (χ4v) is 14.3. The van der Waals surface area contributed by atoms with E-state index >= 15 is 0 Å². The molecule has 0 radical (unpaired) electrons. The standard InChI is InChI=1S/C75H52BN5/c1-74(2,48-26-13-7-14-27-48)50-36-38-62-58(42-50)59-43-51(75(3,4)49-28-15-8-16-29-49)44-61-70(59)80(62)64-40-47(73-78-71(45-22-9-5-10-23-45)77-72(79-73)46-24-11-6-12-25-46)41-65-68(64)76(61)60-35-21-34-57-67-63(81(65)69(57)60)39-37-56-54-32-18-17-30-52(54)53-31-19-20-33-55(53)66(56)67/h5-44H,1-4H3. The van der Waals surface area contributed by atoms with Crippen LogP contribution in [-0.4, -0.2) is 30.8 Å². The smallest absolute Gasteiger partial charge is 0.252 e. The largest absolute Gasteiger partial charge is 0.310 e. The Labute approximate surface area is 469 Å². The number of hydrogen-bond donors (Lipinski definition) is 0. The van der Waals surface area contributed by atoms with E-state index in [0.29, 0.717) is 17.5 Å². The highest BCUT2D eigenvalue weighted by molar-refractivity contribution is 7.00. The van der Waals surface area contributed by atoms with E-state index in [-0.39, 0.29) is 17.5 Å². The van der Waals surface area contributed by atoms with Crippen LogP contribution in [0.1, 0.15) is 49.9 Å². The monoisotopic (exact) mass is 1030 g/mol. The molecular formula is C75H52BN5. The zero-order chi connectivity index (χ0) is 53.9. The molecular weight excluding hydrogens is 982 g/mol. The van der Waals surface area contributed by atoms with Crippen molar-refractivity contribution in [3.8, 4) is 45.5 Å². The summed E-state index contributed by atoms with van der Waals surface area (Å²) in [6.45, 7) is 9.40. The molecule has 0 atom stereocenters. The Hall–Kier alpha value is -9.91. The predicted molar refractivity (Wildman–Crippen MR) is 339 cm³/mol. The van der Waals surface area contributed by atoms with Crippen LogP contribution in [0.25, 0.3) is 121 Å². The molecule has 2 aliphatic heterocycles. The zero-order valence-electron chi connectivity index (χ0n) is 45.4. The maximum absolute atomic E-state index is 5.45. The van der Waals surface area contributed by atoms with E-state index in [2.05, 4.69) is 267 Å². The van der Waals surface area contributed by atoms with Crippen LogP contribution in [-0.2, 0) is 10.8 Å². The average molecular weight is 1030 g/mol. The molecule has 0 bridgehead atoms. The summed E-state index contributed by atoms with van der Waals surface area (Å²) in [7, 11) is 0. The van der Waals surface area contributed by atoms with Gasteiger partial charge in [-0.2, -0.15) is 0 Å². The minimum absolute atomic E-state index is 0.113. The van der Waals surface area contributed by atoms with Crippen molar-refractivity contribution in [2.24, 2.45) is 0 Å². The van der Waals surface area contributed by atoms with Gasteiger partial charge in [0.2, 0.25) is 0 Å². The van der Waals surface area contributed by atoms with E-state index in [4.69, 9.17) is 15.0 Å². The van der Waals surface area contributed by atoms with Crippen molar-refractivity contribution in [3.63, 3.8) is 0 Å². The van der Waals surface area contributed by atoms with Crippen LogP contribution < -0.4 is 16.4 Å². The van der Waals surface area contributed by atoms with Crippen molar-refractivity contribution >= 4 is 99.0 Å². The third-order valence-electron chi connectivity index (χ3n) is 18.5. The lowest BCUT2D eigenvalue weighted by Crippen LogP contribution is -2.59. The van der Waals surface area contributed by atoms with Gasteiger partial charge in [0.05, 0.1) is 11.0 Å². The highest BCUT2D eigenvalue weighted by atomic mass is 15.1. The van der Waals surface area contributed by atoms with Gasteiger partial charge in [0.1, 0.15) is 0 Å². The number of para-hydroxylation sites is 1. The highest BCUT2D eigenvalue weighted by Gasteiger charge is 2.43. The van der Waals surface area contributed by atoms with E-state index in [1.807, 2.05) is 12.1 Å². The van der Waals surface area contributed by atoms with Crippen LogP contribution in [0.4, 0.5) is 0 Å². The van der Waals surface area contributed by atoms with Gasteiger partial charge in [-0.1, -0.05) is 234 Å². The molecule has 0 aliphatic carbocycles. The lowest BCUT2D eigenvalue weighted by atomic mass is 9.34. The minimum atomic E-state index is -0.321. The number of fused-ring (bicyclic) bond motifs is 17. The van der Waals surface area contributed by atoms with Crippen molar-refractivity contribution in [1.82, 2.24) is 24.1 Å². The van der Waals surface area contributed by atoms with Crippen molar-refractivity contribution in [2.45, 2.75) is 38.5 Å². The Morgan fingerprint density at radius 1 is 0.309 bits per heavy atom. The van der Waals surface area contributed by atoms with Gasteiger partial charge < -0.3 is 9.13 Å². The summed E-state index contributed by atoms with van der Waals surface area (Å²) in [4.78, 5) is 16.1. The van der Waals surface area contributed by atoms with E-state index in [9.17, 15) is 0 Å². The molecule has 0 unspecified atom stereocenters. The number of hydrogen-bond acceptors (Lipinski definition) is 3. The second-order valence-electron chi connectivity index (χ2n) is 23.5. The highest BCUT2D eigenvalue weighted by Crippen LogP contribution is 2.47. The molecule has 17 rings (SSSR count). The number of aromatic nitrogens is 5. The van der Waals surface area contributed by atoms with E-state index in [0.717, 1.165) is 28.1 Å². The SMILES string of the molecule is CC(C)(c1ccccc1)c1ccc2c(c1)c1cc(C(C)(C)c3ccccc3)cc3c1n2-c1cc(-c2nc(-c4ccccc4)nc(-c4ccccc4)n2)cc2c1B3c1cccc3c4c5c6ccccc6c6ccccc6c5ccc4n-2c13. The molecule has 380 valence electrons. The molecule has 12 aromatic carbocycles. The Balaban J connectivity index is 1.04. The summed E-state index contributed by atoms with van der Waals surface area (Å²) in [6.07, 6.45) is 0. The number of benzene rings is 12. The van der Waals surface area contributed by atoms with Crippen LogP contribution in [0.2, 0.25) is 0 Å². The lowest BCUT2D eigenvalue weighted by Gasteiger charge is -2.35. The first kappa shape index (κ1) is 46.0. The fourth-order valence-electron chi connectivity index (χ4n) is 14.3. The first-order valence-electron chi connectivity index (χ1n) is 28.3. The van der Waals surface area contributed by atoms with Crippen molar-refractivity contribution < 1.29 is 0 Å². The molecule has 6 heteroatoms. The quantitative estimate of drug-likeness (QED) is 0.118. The molecule has 0 fully saturated rings. The summed E-state index contributed by atoms with van der Waals surface area (Å²) < 4.78 is 5.20. The van der Waals surface area contributed by atoms with E-state index < -0.39 is 0 Å². The second kappa shape index (κ2) is 16.8. The normalized spacial score (nSPS) is 12.9. The first-order valence-corrected chi connectivity index (χ1v) is 28.3. The Bertz CT molecular complexity index is 5060. The van der Waals surface area contributed by atoms with E-state index in [1.54, 1.807) is 0 Å². The van der Waals surface area contributed by atoms with Crippen LogP contribution >= 0.6 is 0 Å². The fraction of sp³-hybridized carbons (Fsp3) is 0.0800. The molecule has 2 aliphatic rings. The van der Waals surface area contributed by atoms with Crippen LogP contribution in [0.5, 0.6) is 0 Å². The molecule has 5 heterocycles. The Morgan fingerprint density at radius 2 is 0.765 bits per heavy atom. The molecule has 5 nitrogen and oxygen atoms in total. The van der Waals surface area contributed by atoms with E-state index in [1.165, 1.54) is 115 Å². The molecule has 0 N–H and O–H groups in total. The summed E-state index contributed by atoms with van der Waals surface area (Å²) in [5.41, 5.74) is 18.3. The second-order valence-corrected chi connectivity index (χ2v) is 23.5. The van der Waals surface area contributed by atoms with Crippen molar-refractivity contribution in [1.29, 1.82) is 0 Å². The van der Waals surface area contributed by atoms with Crippen LogP contribution in [0.3, 0.4) is 0 Å². The Kier molecular flexibility index (Phi) is 9.56. The van der Waals surface area contributed by atoms with Crippen LogP contribution in [0, 0.1) is 0 Å². The molecule has 81 heavy (non-hydrogen) atoms. The Morgan fingerprint density at radius 3 is 1.37 bits per heavy atom.